The van der Waals surface area contributed by atoms with E-state index in [1.165, 1.54) is 12.1 Å². The molecule has 1 aromatic carbocycles. The highest BCUT2D eigenvalue weighted by atomic mass is 19.2. The normalized spacial score (nSPS) is 10.3. The minimum absolute atomic E-state index is 0.0826. The van der Waals surface area contributed by atoms with Crippen LogP contribution in [0.3, 0.4) is 0 Å². The van der Waals surface area contributed by atoms with Crippen molar-refractivity contribution < 1.29 is 18.0 Å². The summed E-state index contributed by atoms with van der Waals surface area (Å²) in [4.78, 5) is 11.8. The fourth-order valence-electron chi connectivity index (χ4n) is 1.54. The van der Waals surface area contributed by atoms with Crippen LogP contribution in [-0.4, -0.2) is 22.6 Å². The van der Waals surface area contributed by atoms with Crippen molar-refractivity contribution in [2.45, 2.75) is 6.92 Å². The second kappa shape index (κ2) is 6.21. The Kier molecular flexibility index (Phi) is 4.36. The fourth-order valence-corrected chi connectivity index (χ4v) is 1.54. The van der Waals surface area contributed by atoms with Gasteiger partial charge in [-0.2, -0.15) is 0 Å². The lowest BCUT2D eigenvalue weighted by atomic mass is 10.2. The van der Waals surface area contributed by atoms with E-state index in [4.69, 9.17) is 0 Å². The SMILES string of the molecule is CCNc1ccc(C(=O)Nc2ccc(F)c(F)c2F)nn1. The Bertz CT molecular complexity index is 661. The van der Waals surface area contributed by atoms with Crippen LogP contribution < -0.4 is 10.6 Å². The highest BCUT2D eigenvalue weighted by Crippen LogP contribution is 2.20. The van der Waals surface area contributed by atoms with Crippen LogP contribution in [0.15, 0.2) is 24.3 Å². The summed E-state index contributed by atoms with van der Waals surface area (Å²) in [6.45, 7) is 2.51. The summed E-state index contributed by atoms with van der Waals surface area (Å²) in [6, 6.07) is 4.53. The van der Waals surface area contributed by atoms with E-state index in [1.807, 2.05) is 6.92 Å². The third-order valence-corrected chi connectivity index (χ3v) is 2.54. The number of carbonyl (C=O) groups excluding carboxylic acids is 1. The summed E-state index contributed by atoms with van der Waals surface area (Å²) >= 11 is 0. The standard InChI is InChI=1S/C13H11F3N4O/c1-2-17-10-6-5-9(19-20-10)13(21)18-8-4-3-7(14)11(15)12(8)16/h3-6H,2H2,1H3,(H,17,20)(H,18,21). The van der Waals surface area contributed by atoms with Gasteiger partial charge in [0, 0.05) is 6.54 Å². The minimum Gasteiger partial charge on any atom is -0.369 e. The molecule has 0 aliphatic rings. The van der Waals surface area contributed by atoms with Gasteiger partial charge in [-0.1, -0.05) is 0 Å². The van der Waals surface area contributed by atoms with E-state index < -0.39 is 29.0 Å². The van der Waals surface area contributed by atoms with E-state index >= 15 is 0 Å². The van der Waals surface area contributed by atoms with Gasteiger partial charge in [0.05, 0.1) is 5.69 Å². The zero-order valence-corrected chi connectivity index (χ0v) is 11.0. The molecule has 0 saturated heterocycles. The van der Waals surface area contributed by atoms with Crippen molar-refractivity contribution in [3.05, 3.63) is 47.4 Å². The maximum atomic E-state index is 13.4. The zero-order chi connectivity index (χ0) is 15.4. The summed E-state index contributed by atoms with van der Waals surface area (Å²) in [5.41, 5.74) is -0.558. The molecule has 1 aromatic heterocycles. The van der Waals surface area contributed by atoms with Crippen molar-refractivity contribution in [3.8, 4) is 0 Å². The molecule has 2 aromatic rings. The summed E-state index contributed by atoms with van der Waals surface area (Å²) in [6.07, 6.45) is 0. The molecule has 8 heteroatoms. The number of halogens is 3. The van der Waals surface area contributed by atoms with Crippen molar-refractivity contribution in [2.24, 2.45) is 0 Å². The second-order valence-electron chi connectivity index (χ2n) is 4.01. The number of carbonyl (C=O) groups is 1. The molecule has 110 valence electrons. The number of nitrogens with one attached hydrogen (secondary N) is 2. The largest absolute Gasteiger partial charge is 0.369 e. The molecule has 1 heterocycles. The van der Waals surface area contributed by atoms with Gasteiger partial charge in [0.25, 0.3) is 5.91 Å². The van der Waals surface area contributed by atoms with Crippen molar-refractivity contribution >= 4 is 17.4 Å². The predicted octanol–water partition coefficient (Wildman–Crippen LogP) is 2.58. The third-order valence-electron chi connectivity index (χ3n) is 2.54. The minimum atomic E-state index is -1.65. The number of anilines is 2. The quantitative estimate of drug-likeness (QED) is 0.851. The number of amides is 1. The molecule has 0 aliphatic carbocycles. The average Bonchev–Trinajstić information content (AvgIpc) is 2.49. The van der Waals surface area contributed by atoms with Gasteiger partial charge >= 0.3 is 0 Å². The Morgan fingerprint density at radius 2 is 1.86 bits per heavy atom. The van der Waals surface area contributed by atoms with Crippen LogP contribution in [0.1, 0.15) is 17.4 Å². The molecule has 0 fully saturated rings. The predicted molar refractivity (Wildman–Crippen MR) is 70.5 cm³/mol. The molecule has 21 heavy (non-hydrogen) atoms. The van der Waals surface area contributed by atoms with Gasteiger partial charge in [0.1, 0.15) is 5.82 Å². The van der Waals surface area contributed by atoms with Gasteiger partial charge in [-0.25, -0.2) is 13.2 Å². The molecule has 2 N–H and O–H groups in total. The highest BCUT2D eigenvalue weighted by Gasteiger charge is 2.16. The van der Waals surface area contributed by atoms with Gasteiger partial charge in [-0.05, 0) is 31.2 Å². The molecule has 0 bridgehead atoms. The van der Waals surface area contributed by atoms with Gasteiger partial charge in [-0.15, -0.1) is 10.2 Å². The van der Waals surface area contributed by atoms with Crippen LogP contribution in [0.5, 0.6) is 0 Å². The molecule has 0 aliphatic heterocycles. The van der Waals surface area contributed by atoms with E-state index in [2.05, 4.69) is 20.8 Å². The molecule has 0 atom stereocenters. The van der Waals surface area contributed by atoms with Gasteiger partial charge in [0.15, 0.2) is 23.1 Å². The van der Waals surface area contributed by atoms with Crippen LogP contribution in [0, 0.1) is 17.5 Å². The van der Waals surface area contributed by atoms with E-state index in [1.54, 1.807) is 0 Å². The Hall–Kier alpha value is -2.64. The third kappa shape index (κ3) is 3.28. The molecule has 5 nitrogen and oxygen atoms in total. The number of nitrogens with zero attached hydrogens (tertiary/aromatic N) is 2. The first-order valence-corrected chi connectivity index (χ1v) is 6.05. The first kappa shape index (κ1) is 14.8. The monoisotopic (exact) mass is 296 g/mol. The first-order chi connectivity index (χ1) is 10.0. The van der Waals surface area contributed by atoms with Crippen LogP contribution in [-0.2, 0) is 0 Å². The van der Waals surface area contributed by atoms with Gasteiger partial charge in [-0.3, -0.25) is 4.79 Å². The average molecular weight is 296 g/mol. The number of hydrogen-bond acceptors (Lipinski definition) is 4. The van der Waals surface area contributed by atoms with Crippen molar-refractivity contribution in [1.29, 1.82) is 0 Å². The smallest absolute Gasteiger partial charge is 0.276 e. The van der Waals surface area contributed by atoms with Crippen molar-refractivity contribution in [1.82, 2.24) is 10.2 Å². The second-order valence-corrected chi connectivity index (χ2v) is 4.01. The number of hydrogen-bond donors (Lipinski definition) is 2. The van der Waals surface area contributed by atoms with Crippen LogP contribution in [0.25, 0.3) is 0 Å². The fraction of sp³-hybridized carbons (Fsp3) is 0.154. The molecule has 0 saturated carbocycles. The topological polar surface area (TPSA) is 66.9 Å². The highest BCUT2D eigenvalue weighted by molar-refractivity contribution is 6.02. The Balaban J connectivity index is 2.16. The van der Waals surface area contributed by atoms with Crippen LogP contribution in [0.4, 0.5) is 24.7 Å². The van der Waals surface area contributed by atoms with E-state index in [0.717, 1.165) is 6.07 Å². The molecule has 0 radical (unpaired) electrons. The summed E-state index contributed by atoms with van der Waals surface area (Å²) < 4.78 is 39.3. The molecule has 1 amide bonds. The lowest BCUT2D eigenvalue weighted by Gasteiger charge is -2.07. The lowest BCUT2D eigenvalue weighted by molar-refractivity contribution is 0.102. The van der Waals surface area contributed by atoms with Crippen molar-refractivity contribution in [2.75, 3.05) is 17.2 Å². The van der Waals surface area contributed by atoms with Crippen LogP contribution >= 0.6 is 0 Å². The summed E-state index contributed by atoms with van der Waals surface area (Å²) in [7, 11) is 0. The Labute approximate surface area is 118 Å². The number of aromatic nitrogens is 2. The lowest BCUT2D eigenvalue weighted by Crippen LogP contribution is -2.16. The Morgan fingerprint density at radius 3 is 2.48 bits per heavy atom. The maximum absolute atomic E-state index is 13.4. The maximum Gasteiger partial charge on any atom is 0.276 e. The first-order valence-electron chi connectivity index (χ1n) is 6.05. The van der Waals surface area contributed by atoms with E-state index in [-0.39, 0.29) is 5.69 Å². The van der Waals surface area contributed by atoms with Gasteiger partial charge < -0.3 is 10.6 Å². The summed E-state index contributed by atoms with van der Waals surface area (Å²) in [5.74, 6) is -4.76. The Morgan fingerprint density at radius 1 is 1.10 bits per heavy atom. The molecule has 0 unspecified atom stereocenters. The molecular weight excluding hydrogens is 285 g/mol. The van der Waals surface area contributed by atoms with E-state index in [0.29, 0.717) is 18.4 Å². The zero-order valence-electron chi connectivity index (χ0n) is 11.0. The number of benzene rings is 1. The van der Waals surface area contributed by atoms with Crippen molar-refractivity contribution in [3.63, 3.8) is 0 Å². The molecule has 2 rings (SSSR count). The molecule has 0 spiro atoms. The number of rotatable bonds is 4. The molecular formula is C13H11F3N4O. The van der Waals surface area contributed by atoms with E-state index in [9.17, 15) is 18.0 Å². The summed E-state index contributed by atoms with van der Waals surface area (Å²) in [5, 5.41) is 12.4. The van der Waals surface area contributed by atoms with Crippen LogP contribution in [0.2, 0.25) is 0 Å². The van der Waals surface area contributed by atoms with Gasteiger partial charge in [0.2, 0.25) is 0 Å².